The molecule has 2 aromatic carbocycles. The van der Waals surface area contributed by atoms with Gasteiger partial charge in [0.25, 0.3) is 0 Å². The summed E-state index contributed by atoms with van der Waals surface area (Å²) in [7, 11) is 1.38. The zero-order valence-electron chi connectivity index (χ0n) is 22.4. The highest BCUT2D eigenvalue weighted by atomic mass is 32.2. The summed E-state index contributed by atoms with van der Waals surface area (Å²) in [5.41, 5.74) is -1.68. The Morgan fingerprint density at radius 3 is 2.12 bits per heavy atom. The van der Waals surface area contributed by atoms with Crippen LogP contribution in [0.15, 0.2) is 36.4 Å². The molecule has 2 amide bonds. The highest BCUT2D eigenvalue weighted by molar-refractivity contribution is 7.99. The maximum absolute atomic E-state index is 13.9. The molecule has 0 saturated carbocycles. The van der Waals surface area contributed by atoms with E-state index < -0.39 is 47.4 Å². The number of carbonyl (C=O) groups is 1. The topological polar surface area (TPSA) is 26.8 Å². The van der Waals surface area contributed by atoms with E-state index in [0.717, 1.165) is 30.2 Å². The van der Waals surface area contributed by atoms with Crippen molar-refractivity contribution in [1.82, 2.24) is 14.7 Å². The second-order valence-electron chi connectivity index (χ2n) is 10.4. The van der Waals surface area contributed by atoms with Crippen LogP contribution in [-0.2, 0) is 12.4 Å². The van der Waals surface area contributed by atoms with Crippen LogP contribution in [0.3, 0.4) is 0 Å². The first-order valence-electron chi connectivity index (χ1n) is 13.1. The average molecular weight is 592 g/mol. The van der Waals surface area contributed by atoms with E-state index in [1.807, 2.05) is 11.8 Å². The summed E-state index contributed by atoms with van der Waals surface area (Å²) in [5, 5.41) is 0. The number of carbonyl (C=O) groups excluding carboxylic acids is 1. The van der Waals surface area contributed by atoms with Gasteiger partial charge in [0.1, 0.15) is 5.82 Å². The van der Waals surface area contributed by atoms with Crippen molar-refractivity contribution in [3.63, 3.8) is 0 Å². The number of urea groups is 1. The average Bonchev–Trinajstić information content (AvgIpc) is 2.91. The van der Waals surface area contributed by atoms with Gasteiger partial charge in [0.15, 0.2) is 0 Å². The normalized spacial score (nSPS) is 21.8. The van der Waals surface area contributed by atoms with Crippen LogP contribution in [0.25, 0.3) is 0 Å². The van der Waals surface area contributed by atoms with Gasteiger partial charge in [-0.05, 0) is 73.7 Å². The standard InChI is InChI=1S/C28H32F7N3OS/c1-17-12-22(29)4-5-24(17)25-16-23(37-8-10-40-11-9-37)6-7-38(25)26(39)36(3)18(2)19-13-20(27(30,31)32)15-21(14-19)28(33,34)35/h4-5,12-15,18,23,25H,6-11,16H2,1-3H3/t18-,23+,25+/m0/s1. The Morgan fingerprint density at radius 1 is 0.975 bits per heavy atom. The van der Waals surface area contributed by atoms with Crippen LogP contribution in [0.1, 0.15) is 59.7 Å². The van der Waals surface area contributed by atoms with Crippen molar-refractivity contribution in [2.24, 2.45) is 0 Å². The molecule has 2 saturated heterocycles. The van der Waals surface area contributed by atoms with Crippen molar-refractivity contribution in [2.75, 3.05) is 38.2 Å². The predicted octanol–water partition coefficient (Wildman–Crippen LogP) is 7.54. The lowest BCUT2D eigenvalue weighted by atomic mass is 9.88. The maximum Gasteiger partial charge on any atom is 0.416 e. The largest absolute Gasteiger partial charge is 0.416 e. The second kappa shape index (κ2) is 11.8. The third kappa shape index (κ3) is 6.70. The predicted molar refractivity (Wildman–Crippen MR) is 141 cm³/mol. The van der Waals surface area contributed by atoms with Crippen LogP contribution in [0.5, 0.6) is 0 Å². The van der Waals surface area contributed by atoms with Crippen LogP contribution in [0, 0.1) is 12.7 Å². The number of hydrogen-bond donors (Lipinski definition) is 0. The number of alkyl halides is 6. The van der Waals surface area contributed by atoms with E-state index in [4.69, 9.17) is 0 Å². The third-order valence-corrected chi connectivity index (χ3v) is 8.89. The van der Waals surface area contributed by atoms with Crippen molar-refractivity contribution >= 4 is 17.8 Å². The number of hydrogen-bond acceptors (Lipinski definition) is 3. The summed E-state index contributed by atoms with van der Waals surface area (Å²) in [5.74, 6) is 1.61. The van der Waals surface area contributed by atoms with Gasteiger partial charge in [0.05, 0.1) is 23.2 Å². The number of aryl methyl sites for hydroxylation is 1. The molecule has 12 heteroatoms. The van der Waals surface area contributed by atoms with Gasteiger partial charge in [-0.1, -0.05) is 6.07 Å². The zero-order valence-corrected chi connectivity index (χ0v) is 23.3. The summed E-state index contributed by atoms with van der Waals surface area (Å²) in [6.07, 6.45) is -8.71. The lowest BCUT2D eigenvalue weighted by Gasteiger charge is -2.46. The molecule has 3 atom stereocenters. The van der Waals surface area contributed by atoms with Crippen LogP contribution < -0.4 is 0 Å². The fraction of sp³-hybridized carbons (Fsp3) is 0.536. The Bertz CT molecular complexity index is 1180. The van der Waals surface area contributed by atoms with Gasteiger partial charge in [-0.2, -0.15) is 38.1 Å². The Kier molecular flexibility index (Phi) is 8.99. The SMILES string of the molecule is Cc1cc(F)ccc1[C@H]1C[C@H](N2CCSCC2)CCN1C(=O)N(C)[C@@H](C)c1cc(C(F)(F)F)cc(C(F)(F)F)c1. The van der Waals surface area contributed by atoms with Crippen LogP contribution in [0.2, 0.25) is 0 Å². The fourth-order valence-corrected chi connectivity index (χ4v) is 6.50. The molecule has 220 valence electrons. The van der Waals surface area contributed by atoms with Gasteiger partial charge in [-0.15, -0.1) is 0 Å². The highest BCUT2D eigenvalue weighted by Gasteiger charge is 2.40. The number of piperidine rings is 1. The zero-order chi connectivity index (χ0) is 29.4. The first-order chi connectivity index (χ1) is 18.7. The van der Waals surface area contributed by atoms with Gasteiger partial charge >= 0.3 is 18.4 Å². The van der Waals surface area contributed by atoms with Gasteiger partial charge < -0.3 is 9.80 Å². The molecule has 2 aliphatic heterocycles. The van der Waals surface area contributed by atoms with Crippen molar-refractivity contribution in [3.8, 4) is 0 Å². The number of halogens is 7. The molecule has 0 unspecified atom stereocenters. The van der Waals surface area contributed by atoms with Crippen LogP contribution >= 0.6 is 11.8 Å². The van der Waals surface area contributed by atoms with E-state index in [2.05, 4.69) is 4.90 Å². The van der Waals surface area contributed by atoms with E-state index in [0.29, 0.717) is 37.1 Å². The van der Waals surface area contributed by atoms with Gasteiger partial charge in [0.2, 0.25) is 0 Å². The molecule has 0 N–H and O–H groups in total. The molecular weight excluding hydrogens is 559 g/mol. The van der Waals surface area contributed by atoms with Crippen molar-refractivity contribution < 1.29 is 35.5 Å². The van der Waals surface area contributed by atoms with E-state index in [1.165, 1.54) is 31.0 Å². The molecule has 0 radical (unpaired) electrons. The Labute approximate surface area is 233 Å². The first-order valence-corrected chi connectivity index (χ1v) is 14.2. The fourth-order valence-electron chi connectivity index (χ4n) is 5.57. The van der Waals surface area contributed by atoms with Crippen LogP contribution in [-0.4, -0.2) is 65.0 Å². The number of amides is 2. The summed E-state index contributed by atoms with van der Waals surface area (Å²) >= 11 is 1.88. The molecule has 4 nitrogen and oxygen atoms in total. The molecule has 4 rings (SSSR count). The van der Waals surface area contributed by atoms with Gasteiger partial charge in [-0.3, -0.25) is 4.90 Å². The quantitative estimate of drug-likeness (QED) is 0.344. The minimum absolute atomic E-state index is 0.0786. The van der Waals surface area contributed by atoms with Gasteiger partial charge in [-0.25, -0.2) is 9.18 Å². The number of benzene rings is 2. The van der Waals surface area contributed by atoms with E-state index in [1.54, 1.807) is 17.9 Å². The summed E-state index contributed by atoms with van der Waals surface area (Å²) in [4.78, 5) is 19.0. The monoisotopic (exact) mass is 591 g/mol. The second-order valence-corrected chi connectivity index (χ2v) is 11.7. The van der Waals surface area contributed by atoms with E-state index >= 15 is 0 Å². The molecule has 0 aromatic heterocycles. The molecule has 2 aromatic rings. The smallest absolute Gasteiger partial charge is 0.321 e. The number of likely N-dealkylation sites (tertiary alicyclic amines) is 1. The number of rotatable bonds is 4. The Balaban J connectivity index is 1.65. The molecule has 0 bridgehead atoms. The Hall–Kier alpha value is -2.47. The van der Waals surface area contributed by atoms with Crippen LogP contribution in [0.4, 0.5) is 35.5 Å². The van der Waals surface area contributed by atoms with Crippen molar-refractivity contribution in [1.29, 1.82) is 0 Å². The molecule has 2 fully saturated rings. The van der Waals surface area contributed by atoms with Crippen molar-refractivity contribution in [3.05, 3.63) is 70.0 Å². The molecule has 2 aliphatic rings. The lowest BCUT2D eigenvalue weighted by molar-refractivity contribution is -0.143. The minimum atomic E-state index is -4.99. The molecular formula is C28H32F7N3OS. The molecule has 0 aliphatic carbocycles. The third-order valence-electron chi connectivity index (χ3n) is 7.95. The summed E-state index contributed by atoms with van der Waals surface area (Å²) < 4.78 is 94.7. The first kappa shape index (κ1) is 30.5. The molecule has 0 spiro atoms. The Morgan fingerprint density at radius 2 is 1.57 bits per heavy atom. The van der Waals surface area contributed by atoms with Crippen molar-refractivity contribution in [2.45, 2.75) is 57.2 Å². The summed E-state index contributed by atoms with van der Waals surface area (Å²) in [6, 6.07) is 3.95. The number of thioether (sulfide) groups is 1. The highest BCUT2D eigenvalue weighted by Crippen LogP contribution is 2.40. The van der Waals surface area contributed by atoms with E-state index in [9.17, 15) is 35.5 Å². The number of nitrogens with zero attached hydrogens (tertiary/aromatic N) is 3. The van der Waals surface area contributed by atoms with Gasteiger partial charge in [0, 0.05) is 44.2 Å². The maximum atomic E-state index is 13.9. The summed E-state index contributed by atoms with van der Waals surface area (Å²) in [6.45, 7) is 5.36. The minimum Gasteiger partial charge on any atom is -0.321 e. The molecule has 2 heterocycles. The molecule has 40 heavy (non-hydrogen) atoms. The van der Waals surface area contributed by atoms with E-state index in [-0.39, 0.29) is 17.7 Å². The lowest BCUT2D eigenvalue weighted by Crippen LogP contribution is -2.53.